The summed E-state index contributed by atoms with van der Waals surface area (Å²) >= 11 is 1.77. The molecule has 1 amide bonds. The van der Waals surface area contributed by atoms with E-state index in [0.29, 0.717) is 24.2 Å². The van der Waals surface area contributed by atoms with E-state index in [4.69, 9.17) is 4.74 Å². The average molecular weight is 343 g/mol. The first-order valence-electron chi connectivity index (χ1n) is 8.45. The third-order valence-electron chi connectivity index (χ3n) is 3.89. The van der Waals surface area contributed by atoms with Gasteiger partial charge in [0.05, 0.1) is 12.3 Å². The van der Waals surface area contributed by atoms with Gasteiger partial charge in [0, 0.05) is 5.25 Å². The average Bonchev–Trinajstić information content (AvgIpc) is 3.11. The molecule has 3 nitrogen and oxygen atoms in total. The second-order valence-electron chi connectivity index (χ2n) is 5.74. The fourth-order valence-electron chi connectivity index (χ4n) is 2.64. The Balaban J connectivity index is 1.61. The second kappa shape index (κ2) is 10.8. The van der Waals surface area contributed by atoms with Crippen molar-refractivity contribution in [1.82, 2.24) is 5.32 Å². The number of benzene rings is 1. The molecule has 0 radical (unpaired) electrons. The number of thioether (sulfide) groups is 1. The van der Waals surface area contributed by atoms with Gasteiger partial charge in [0.2, 0.25) is 5.91 Å². The van der Waals surface area contributed by atoms with Crippen LogP contribution in [0.5, 0.6) is 5.75 Å². The summed E-state index contributed by atoms with van der Waals surface area (Å²) in [5.74, 6) is 7.31. The Morgan fingerprint density at radius 3 is 2.92 bits per heavy atom. The molecule has 1 aromatic rings. The molecule has 1 aromatic carbocycles. The van der Waals surface area contributed by atoms with Crippen LogP contribution in [0.25, 0.3) is 0 Å². The van der Waals surface area contributed by atoms with Gasteiger partial charge in [-0.25, -0.2) is 0 Å². The number of para-hydroxylation sites is 1. The summed E-state index contributed by atoms with van der Waals surface area (Å²) < 4.78 is 5.67. The Morgan fingerprint density at radius 1 is 1.33 bits per heavy atom. The lowest BCUT2D eigenvalue weighted by Gasteiger charge is -2.08. The van der Waals surface area contributed by atoms with Crippen molar-refractivity contribution in [2.75, 3.05) is 18.9 Å². The number of allylic oxidation sites excluding steroid dienone is 1. The van der Waals surface area contributed by atoms with E-state index in [2.05, 4.69) is 23.7 Å². The van der Waals surface area contributed by atoms with Gasteiger partial charge in [-0.15, -0.1) is 18.3 Å². The molecule has 1 aliphatic rings. The first-order valence-corrected chi connectivity index (χ1v) is 9.50. The van der Waals surface area contributed by atoms with Gasteiger partial charge < -0.3 is 10.1 Å². The van der Waals surface area contributed by atoms with Crippen LogP contribution in [-0.4, -0.2) is 30.1 Å². The van der Waals surface area contributed by atoms with Crippen molar-refractivity contribution >= 4 is 17.7 Å². The zero-order chi connectivity index (χ0) is 17.0. The number of carbonyl (C=O) groups is 1. The first kappa shape index (κ1) is 18.5. The summed E-state index contributed by atoms with van der Waals surface area (Å²) in [7, 11) is 0. The Hall–Kier alpha value is -1.86. The number of rotatable bonds is 8. The van der Waals surface area contributed by atoms with E-state index in [9.17, 15) is 4.79 Å². The van der Waals surface area contributed by atoms with Crippen molar-refractivity contribution in [3.63, 3.8) is 0 Å². The van der Waals surface area contributed by atoms with Crippen LogP contribution in [0.4, 0.5) is 0 Å². The molecule has 0 spiro atoms. The molecule has 0 heterocycles. The number of hydrogen-bond donors (Lipinski definition) is 1. The number of nitrogens with one attached hydrogen (secondary N) is 1. The molecular weight excluding hydrogens is 318 g/mol. The highest BCUT2D eigenvalue weighted by Gasteiger charge is 2.16. The minimum Gasteiger partial charge on any atom is -0.481 e. The quantitative estimate of drug-likeness (QED) is 0.579. The Labute approximate surface area is 149 Å². The predicted molar refractivity (Wildman–Crippen MR) is 101 cm³/mol. The zero-order valence-corrected chi connectivity index (χ0v) is 14.9. The minimum absolute atomic E-state index is 0.0680. The van der Waals surface area contributed by atoms with Gasteiger partial charge >= 0.3 is 0 Å². The fraction of sp³-hybridized carbons (Fsp3) is 0.450. The van der Waals surface area contributed by atoms with E-state index in [1.54, 1.807) is 11.8 Å². The maximum absolute atomic E-state index is 11.7. The standard InChI is InChI=1S/C20H25NO2S/c1-2-9-17-10-3-6-13-19(17)23-15-8-7-14-21-20(22)16-24-18-11-4-5-12-18/h2-3,6,10,13,18H,1,4-5,9,11-12,14-16H2,(H,21,22). The van der Waals surface area contributed by atoms with Crippen LogP contribution >= 0.6 is 11.8 Å². The van der Waals surface area contributed by atoms with Crippen molar-refractivity contribution in [3.8, 4) is 17.6 Å². The minimum atomic E-state index is 0.0680. The van der Waals surface area contributed by atoms with Crippen molar-refractivity contribution in [2.45, 2.75) is 37.4 Å². The number of amides is 1. The molecule has 2 rings (SSSR count). The molecule has 0 atom stereocenters. The molecule has 128 valence electrons. The van der Waals surface area contributed by atoms with Crippen LogP contribution < -0.4 is 10.1 Å². The van der Waals surface area contributed by atoms with Crippen LogP contribution in [0.2, 0.25) is 0 Å². The maximum atomic E-state index is 11.7. The monoisotopic (exact) mass is 343 g/mol. The van der Waals surface area contributed by atoms with E-state index in [1.165, 1.54) is 25.7 Å². The molecule has 1 saturated carbocycles. The highest BCUT2D eigenvalue weighted by Crippen LogP contribution is 2.28. The zero-order valence-electron chi connectivity index (χ0n) is 14.1. The van der Waals surface area contributed by atoms with Gasteiger partial charge in [0.25, 0.3) is 0 Å². The number of ether oxygens (including phenoxy) is 1. The van der Waals surface area contributed by atoms with Gasteiger partial charge in [-0.3, -0.25) is 4.79 Å². The molecule has 0 bridgehead atoms. The molecule has 1 aliphatic carbocycles. The van der Waals surface area contributed by atoms with Gasteiger partial charge in [0.15, 0.2) is 0 Å². The van der Waals surface area contributed by atoms with Crippen LogP contribution in [0, 0.1) is 11.8 Å². The molecule has 0 aliphatic heterocycles. The smallest absolute Gasteiger partial charge is 0.230 e. The summed E-state index contributed by atoms with van der Waals surface area (Å²) in [5.41, 5.74) is 1.10. The summed E-state index contributed by atoms with van der Waals surface area (Å²) in [6.07, 6.45) is 7.75. The molecular formula is C20H25NO2S. The van der Waals surface area contributed by atoms with Crippen molar-refractivity contribution in [2.24, 2.45) is 0 Å². The van der Waals surface area contributed by atoms with Crippen molar-refractivity contribution in [1.29, 1.82) is 0 Å². The largest absolute Gasteiger partial charge is 0.481 e. The molecule has 0 aromatic heterocycles. The van der Waals surface area contributed by atoms with Gasteiger partial charge in [-0.2, -0.15) is 0 Å². The molecule has 0 saturated heterocycles. The predicted octanol–water partition coefficient (Wildman–Crippen LogP) is 3.59. The van der Waals surface area contributed by atoms with E-state index >= 15 is 0 Å². The normalized spacial score (nSPS) is 13.8. The summed E-state index contributed by atoms with van der Waals surface area (Å²) in [4.78, 5) is 11.7. The fourth-order valence-corrected chi connectivity index (χ4v) is 3.79. The van der Waals surface area contributed by atoms with Crippen LogP contribution in [0.1, 0.15) is 31.2 Å². The van der Waals surface area contributed by atoms with Crippen LogP contribution in [-0.2, 0) is 11.2 Å². The molecule has 1 fully saturated rings. The van der Waals surface area contributed by atoms with E-state index in [-0.39, 0.29) is 5.91 Å². The molecule has 4 heteroatoms. The summed E-state index contributed by atoms with van der Waals surface area (Å²) in [6, 6.07) is 7.88. The third-order valence-corrected chi connectivity index (χ3v) is 5.26. The summed E-state index contributed by atoms with van der Waals surface area (Å²) in [5, 5.41) is 3.51. The SMILES string of the molecule is C=CCc1ccccc1OCC#CCNC(=O)CSC1CCCC1. The van der Waals surface area contributed by atoms with Gasteiger partial charge in [-0.1, -0.05) is 49.0 Å². The molecule has 24 heavy (non-hydrogen) atoms. The van der Waals surface area contributed by atoms with E-state index in [1.807, 2.05) is 30.3 Å². The maximum Gasteiger partial charge on any atom is 0.230 e. The second-order valence-corrected chi connectivity index (χ2v) is 7.03. The summed E-state index contributed by atoms with van der Waals surface area (Å²) in [6.45, 7) is 4.45. The van der Waals surface area contributed by atoms with Crippen LogP contribution in [0.15, 0.2) is 36.9 Å². The lowest BCUT2D eigenvalue weighted by molar-refractivity contribution is -0.118. The Kier molecular flexibility index (Phi) is 8.34. The molecule has 1 N–H and O–H groups in total. The third kappa shape index (κ3) is 6.72. The first-order chi connectivity index (χ1) is 11.8. The van der Waals surface area contributed by atoms with E-state index in [0.717, 1.165) is 17.7 Å². The van der Waals surface area contributed by atoms with Crippen LogP contribution in [0.3, 0.4) is 0 Å². The Morgan fingerprint density at radius 2 is 2.12 bits per heavy atom. The highest BCUT2D eigenvalue weighted by molar-refractivity contribution is 8.00. The highest BCUT2D eigenvalue weighted by atomic mass is 32.2. The lowest BCUT2D eigenvalue weighted by Crippen LogP contribution is -2.26. The van der Waals surface area contributed by atoms with Crippen molar-refractivity contribution < 1.29 is 9.53 Å². The number of hydrogen-bond acceptors (Lipinski definition) is 3. The van der Waals surface area contributed by atoms with Gasteiger partial charge in [-0.05, 0) is 30.9 Å². The van der Waals surface area contributed by atoms with Crippen molar-refractivity contribution in [3.05, 3.63) is 42.5 Å². The molecule has 0 unspecified atom stereocenters. The van der Waals surface area contributed by atoms with Gasteiger partial charge in [0.1, 0.15) is 12.4 Å². The Bertz CT molecular complexity index is 597. The topological polar surface area (TPSA) is 38.3 Å². The van der Waals surface area contributed by atoms with E-state index < -0.39 is 0 Å². The number of carbonyl (C=O) groups excluding carboxylic acids is 1. The lowest BCUT2D eigenvalue weighted by atomic mass is 10.1.